The topological polar surface area (TPSA) is 365 Å². The monoisotopic (exact) mass is 809 g/mol. The van der Waals surface area contributed by atoms with E-state index in [1.165, 1.54) is 0 Å². The van der Waals surface area contributed by atoms with Crippen molar-refractivity contribution >= 4 is 11.8 Å². The van der Waals surface area contributed by atoms with Gasteiger partial charge in [-0.25, -0.2) is 0 Å². The molecule has 18 N–H and O–H groups in total. The summed E-state index contributed by atoms with van der Waals surface area (Å²) in [6, 6.07) is -4.40. The van der Waals surface area contributed by atoms with Crippen molar-refractivity contribution in [1.82, 2.24) is 10.6 Å². The lowest BCUT2D eigenvalue weighted by atomic mass is 9.84. The Morgan fingerprint density at radius 2 is 1.04 bits per heavy atom. The van der Waals surface area contributed by atoms with Crippen molar-refractivity contribution in [3.63, 3.8) is 0 Å². The summed E-state index contributed by atoms with van der Waals surface area (Å²) < 4.78 is 36.3. The van der Waals surface area contributed by atoms with Crippen molar-refractivity contribution in [3.05, 3.63) is 0 Å². The number of amides is 2. The number of aliphatic hydroxyl groups is 6. The van der Waals surface area contributed by atoms with Crippen molar-refractivity contribution in [2.24, 2.45) is 28.7 Å². The van der Waals surface area contributed by atoms with Crippen LogP contribution < -0.4 is 39.3 Å². The van der Waals surface area contributed by atoms with Crippen LogP contribution in [0.25, 0.3) is 0 Å². The number of nitrogens with two attached hydrogens (primary N) is 5. The molecule has 0 spiro atoms. The van der Waals surface area contributed by atoms with Crippen LogP contribution in [0.15, 0.2) is 0 Å². The highest BCUT2D eigenvalue weighted by Crippen LogP contribution is 2.34. The molecule has 21 heteroatoms. The highest BCUT2D eigenvalue weighted by Gasteiger charge is 2.54. The first-order valence-corrected chi connectivity index (χ1v) is 19.9. The number of ether oxygens (including phenoxy) is 6. The molecule has 1 saturated carbocycles. The number of hydrogen-bond donors (Lipinski definition) is 13. The van der Waals surface area contributed by atoms with Gasteiger partial charge in [-0.3, -0.25) is 9.59 Å². The van der Waals surface area contributed by atoms with E-state index in [9.17, 15) is 40.2 Å². The fourth-order valence-corrected chi connectivity index (χ4v) is 7.41. The minimum absolute atomic E-state index is 0.0516. The van der Waals surface area contributed by atoms with E-state index in [4.69, 9.17) is 57.1 Å². The summed E-state index contributed by atoms with van der Waals surface area (Å²) in [4.78, 5) is 25.0. The molecule has 56 heavy (non-hydrogen) atoms. The molecule has 0 aromatic heterocycles. The number of aliphatic hydroxyl groups excluding tert-OH is 6. The molecule has 3 aliphatic heterocycles. The number of hydrogen-bond acceptors (Lipinski definition) is 19. The minimum Gasteiger partial charge on any atom is -0.389 e. The smallest absolute Gasteiger partial charge is 0.220 e. The molecular formula is C35H67N7O14. The van der Waals surface area contributed by atoms with Crippen LogP contribution in [0.3, 0.4) is 0 Å². The highest BCUT2D eigenvalue weighted by atomic mass is 16.8. The van der Waals surface area contributed by atoms with E-state index in [-0.39, 0.29) is 50.7 Å². The Balaban J connectivity index is 1.52. The quantitative estimate of drug-likeness (QED) is 0.0541. The van der Waals surface area contributed by atoms with Crippen molar-refractivity contribution in [3.8, 4) is 0 Å². The molecule has 326 valence electrons. The number of nitrogens with one attached hydrogen (secondary N) is 2. The third-order valence-corrected chi connectivity index (χ3v) is 11.0. The van der Waals surface area contributed by atoms with Crippen molar-refractivity contribution in [2.75, 3.05) is 19.6 Å². The molecule has 0 aromatic rings. The van der Waals surface area contributed by atoms with Gasteiger partial charge in [0.2, 0.25) is 11.8 Å². The van der Waals surface area contributed by atoms with E-state index in [2.05, 4.69) is 10.6 Å². The first-order valence-electron chi connectivity index (χ1n) is 19.9. The van der Waals surface area contributed by atoms with Gasteiger partial charge in [-0.2, -0.15) is 0 Å². The molecule has 4 rings (SSSR count). The zero-order valence-corrected chi connectivity index (χ0v) is 32.3. The van der Waals surface area contributed by atoms with Gasteiger partial charge < -0.3 is 98.4 Å². The predicted molar refractivity (Wildman–Crippen MR) is 197 cm³/mol. The highest BCUT2D eigenvalue weighted by molar-refractivity contribution is 5.76. The van der Waals surface area contributed by atoms with E-state index in [1.807, 2.05) is 13.8 Å². The molecule has 1 aliphatic carbocycles. The molecular weight excluding hydrogens is 742 g/mol. The van der Waals surface area contributed by atoms with Gasteiger partial charge in [0.15, 0.2) is 18.9 Å². The summed E-state index contributed by atoms with van der Waals surface area (Å²) in [5.74, 6) is -0.529. The Morgan fingerprint density at radius 1 is 0.571 bits per heavy atom. The van der Waals surface area contributed by atoms with Crippen LogP contribution in [-0.2, 0) is 38.0 Å². The number of carbonyl (C=O) groups excluding carboxylic acids is 2. The Hall–Kier alpha value is -1.74. The first-order chi connectivity index (χ1) is 26.6. The van der Waals surface area contributed by atoms with Crippen LogP contribution >= 0.6 is 0 Å². The van der Waals surface area contributed by atoms with Crippen LogP contribution in [0, 0.1) is 0 Å². The predicted octanol–water partition coefficient (Wildman–Crippen LogP) is -5.45. The largest absolute Gasteiger partial charge is 0.389 e. The molecule has 4 aliphatic rings. The first kappa shape index (κ1) is 46.9. The third-order valence-electron chi connectivity index (χ3n) is 11.0. The summed E-state index contributed by atoms with van der Waals surface area (Å²) in [6.07, 6.45) is -15.0. The second-order valence-electron chi connectivity index (χ2n) is 15.4. The van der Waals surface area contributed by atoms with Crippen LogP contribution in [0.1, 0.15) is 71.6 Å². The van der Waals surface area contributed by atoms with Gasteiger partial charge in [-0.15, -0.1) is 0 Å². The van der Waals surface area contributed by atoms with Crippen molar-refractivity contribution in [2.45, 2.75) is 188 Å². The lowest BCUT2D eigenvalue weighted by Gasteiger charge is -2.47. The van der Waals surface area contributed by atoms with Crippen LogP contribution in [-0.4, -0.2) is 178 Å². The van der Waals surface area contributed by atoms with Gasteiger partial charge in [0.05, 0.1) is 18.2 Å². The van der Waals surface area contributed by atoms with E-state index in [0.29, 0.717) is 12.8 Å². The summed E-state index contributed by atoms with van der Waals surface area (Å²) in [6.45, 7) is 3.52. The van der Waals surface area contributed by atoms with E-state index in [0.717, 1.165) is 25.7 Å². The second kappa shape index (κ2) is 22.0. The van der Waals surface area contributed by atoms with E-state index in [1.54, 1.807) is 0 Å². The average Bonchev–Trinajstić information content (AvgIpc) is 3.46. The van der Waals surface area contributed by atoms with Crippen LogP contribution in [0.5, 0.6) is 0 Å². The molecule has 2 amide bonds. The van der Waals surface area contributed by atoms with Gasteiger partial charge >= 0.3 is 0 Å². The molecule has 3 saturated heterocycles. The molecule has 0 aromatic carbocycles. The maximum Gasteiger partial charge on any atom is 0.220 e. The zero-order chi connectivity index (χ0) is 41.3. The third kappa shape index (κ3) is 11.7. The summed E-state index contributed by atoms with van der Waals surface area (Å²) in [5.41, 5.74) is 30.9. The molecule has 4 fully saturated rings. The van der Waals surface area contributed by atoms with Gasteiger partial charge in [0.1, 0.15) is 67.1 Å². The fourth-order valence-electron chi connectivity index (χ4n) is 7.41. The second-order valence-corrected chi connectivity index (χ2v) is 15.4. The van der Waals surface area contributed by atoms with Crippen molar-refractivity contribution in [1.29, 1.82) is 0 Å². The summed E-state index contributed by atoms with van der Waals surface area (Å²) in [7, 11) is 0. The lowest BCUT2D eigenvalue weighted by Crippen LogP contribution is -2.68. The van der Waals surface area contributed by atoms with Gasteiger partial charge in [0.25, 0.3) is 0 Å². The molecule has 0 radical (unpaired) electrons. The Morgan fingerprint density at radius 3 is 1.57 bits per heavy atom. The summed E-state index contributed by atoms with van der Waals surface area (Å²) in [5, 5.41) is 70.9. The standard InChI is InChI=1S/C35H67N7O14/c1-3-5-7-9-20(43)41-13-18-26(47)28(49)23(40)34(52-18)54-30-16(38)11-15(37)24(45)32(30)56-35-29(50)31(19(53-35)14-42-21(44)10-8-6-4-2)55-33-22(39)27(48)25(46)17(12-36)51-33/h15-19,22-35,45-50H,3-14,36-40H2,1-2H3,(H,41,43)(H,42,44)/t15-,16+,17?,18-,19-,22-,23-,24+,25-,26-,27-,28-,29-,30-,31-,32-,33-,34-,35+/m1/s1. The average molecular weight is 810 g/mol. The normalized spacial score (nSPS) is 43.1. The van der Waals surface area contributed by atoms with E-state index < -0.39 is 116 Å². The molecule has 19 atom stereocenters. The van der Waals surface area contributed by atoms with Crippen LogP contribution in [0.4, 0.5) is 0 Å². The van der Waals surface area contributed by atoms with E-state index >= 15 is 0 Å². The maximum absolute atomic E-state index is 12.7. The molecule has 3 heterocycles. The fraction of sp³-hybridized carbons (Fsp3) is 0.943. The number of rotatable bonds is 19. The molecule has 21 nitrogen and oxygen atoms in total. The van der Waals surface area contributed by atoms with Crippen molar-refractivity contribution < 1.29 is 68.6 Å². The Labute approximate surface area is 327 Å². The lowest BCUT2D eigenvalue weighted by molar-refractivity contribution is -0.307. The Kier molecular flexibility index (Phi) is 18.5. The van der Waals surface area contributed by atoms with Gasteiger partial charge in [-0.05, 0) is 19.3 Å². The minimum atomic E-state index is -1.63. The summed E-state index contributed by atoms with van der Waals surface area (Å²) >= 11 is 0. The van der Waals surface area contributed by atoms with Crippen LogP contribution in [0.2, 0.25) is 0 Å². The molecule has 1 unspecified atom stereocenters. The SMILES string of the molecule is CCCCCC(=O)NC[C@H]1O[C@H](O[C@H]2[C@H](O[C@@H]3O[C@H](CNC(=O)CCCCC)[C@@H](O[C@H]4OC(CN)[C@@H](O)[C@H](O)[C@H]4N)[C@H]3O)[C@@H](O)[C@H](N)C[C@@H]2N)[C@H](N)[C@@H](O)[C@@H]1O. The van der Waals surface area contributed by atoms with Gasteiger partial charge in [-0.1, -0.05) is 39.5 Å². The number of unbranched alkanes of at least 4 members (excludes halogenated alkanes) is 4. The Bertz CT molecular complexity index is 1220. The maximum atomic E-state index is 12.7. The number of carbonyl (C=O) groups is 2. The van der Waals surface area contributed by atoms with Gasteiger partial charge in [0, 0.05) is 44.6 Å². The molecule has 0 bridgehead atoms. The zero-order valence-electron chi connectivity index (χ0n) is 32.3.